The van der Waals surface area contributed by atoms with Gasteiger partial charge in [-0.25, -0.2) is 0 Å². The maximum absolute atomic E-state index is 6.04. The second-order valence-electron chi connectivity index (χ2n) is 6.44. The summed E-state index contributed by atoms with van der Waals surface area (Å²) in [6, 6.07) is 23.6. The van der Waals surface area contributed by atoms with Gasteiger partial charge < -0.3 is 9.47 Å². The Morgan fingerprint density at radius 3 is 2.38 bits per heavy atom. The second-order valence-corrected chi connectivity index (χ2v) is 6.44. The molecule has 2 heteroatoms. The summed E-state index contributed by atoms with van der Waals surface area (Å²) in [7, 11) is 0. The normalized spacial score (nSPS) is 17.2. The number of benzene rings is 3. The zero-order chi connectivity index (χ0) is 15.9. The second kappa shape index (κ2) is 5.50. The van der Waals surface area contributed by atoms with Crippen LogP contribution in [0.1, 0.15) is 11.1 Å². The molecule has 1 aliphatic carbocycles. The third-order valence-electron chi connectivity index (χ3n) is 4.82. The van der Waals surface area contributed by atoms with E-state index in [1.54, 1.807) is 0 Å². The summed E-state index contributed by atoms with van der Waals surface area (Å²) < 4.78 is 11.3. The molecule has 0 spiro atoms. The van der Waals surface area contributed by atoms with Gasteiger partial charge in [0.1, 0.15) is 18.5 Å². The van der Waals surface area contributed by atoms with Gasteiger partial charge in [0.15, 0.2) is 0 Å². The summed E-state index contributed by atoms with van der Waals surface area (Å²) in [6.45, 7) is 1.44. The van der Waals surface area contributed by atoms with Gasteiger partial charge in [0.05, 0.1) is 6.61 Å². The van der Waals surface area contributed by atoms with Crippen LogP contribution in [0.3, 0.4) is 0 Å². The summed E-state index contributed by atoms with van der Waals surface area (Å²) in [5.41, 5.74) is 7.92. The van der Waals surface area contributed by atoms with Crippen molar-refractivity contribution in [1.29, 1.82) is 0 Å². The third kappa shape index (κ3) is 2.31. The first-order valence-corrected chi connectivity index (χ1v) is 8.44. The first-order valence-electron chi connectivity index (χ1n) is 8.44. The number of rotatable bonds is 4. The Labute approximate surface area is 141 Å². The molecule has 1 unspecified atom stereocenters. The average molecular weight is 314 g/mol. The van der Waals surface area contributed by atoms with E-state index < -0.39 is 0 Å². The first kappa shape index (κ1) is 13.8. The molecule has 1 heterocycles. The van der Waals surface area contributed by atoms with E-state index in [-0.39, 0.29) is 6.10 Å². The van der Waals surface area contributed by atoms with Gasteiger partial charge >= 0.3 is 0 Å². The minimum atomic E-state index is 0.264. The lowest BCUT2D eigenvalue weighted by Crippen LogP contribution is -2.05. The number of epoxide rings is 1. The monoisotopic (exact) mass is 314 g/mol. The fraction of sp³-hybridized carbons (Fsp3) is 0.182. The van der Waals surface area contributed by atoms with E-state index in [1.165, 1.54) is 27.8 Å². The topological polar surface area (TPSA) is 21.8 Å². The predicted molar refractivity (Wildman–Crippen MR) is 95.4 cm³/mol. The Morgan fingerprint density at radius 2 is 1.50 bits per heavy atom. The molecule has 5 rings (SSSR count). The van der Waals surface area contributed by atoms with E-state index in [1.807, 2.05) is 6.07 Å². The molecule has 0 radical (unpaired) electrons. The Kier molecular flexibility index (Phi) is 3.17. The van der Waals surface area contributed by atoms with Crippen LogP contribution >= 0.6 is 0 Å². The highest BCUT2D eigenvalue weighted by Crippen LogP contribution is 2.44. The summed E-state index contributed by atoms with van der Waals surface area (Å²) in [4.78, 5) is 0. The highest BCUT2D eigenvalue weighted by molar-refractivity contribution is 5.91. The molecule has 2 nitrogen and oxygen atoms in total. The van der Waals surface area contributed by atoms with Crippen molar-refractivity contribution in [3.8, 4) is 28.0 Å². The number of para-hydroxylation sites is 1. The SMILES string of the molecule is c1ccc2c(c1)Cc1cccc(-c3ccccc3OCC3CO3)c1-2. The first-order chi connectivity index (χ1) is 11.9. The van der Waals surface area contributed by atoms with Gasteiger partial charge in [-0.15, -0.1) is 0 Å². The average Bonchev–Trinajstić information content (AvgIpc) is 3.38. The molecule has 0 N–H and O–H groups in total. The van der Waals surface area contributed by atoms with E-state index in [9.17, 15) is 0 Å². The van der Waals surface area contributed by atoms with Gasteiger partial charge in [-0.1, -0.05) is 60.7 Å². The van der Waals surface area contributed by atoms with Crippen molar-refractivity contribution in [2.45, 2.75) is 12.5 Å². The molecule has 0 saturated carbocycles. The van der Waals surface area contributed by atoms with Crippen LogP contribution in [-0.2, 0) is 11.2 Å². The highest BCUT2D eigenvalue weighted by atomic mass is 16.6. The molecular formula is C22H18O2. The molecule has 0 bridgehead atoms. The molecule has 118 valence electrons. The van der Waals surface area contributed by atoms with Crippen molar-refractivity contribution in [3.63, 3.8) is 0 Å². The van der Waals surface area contributed by atoms with Crippen LogP contribution in [0.25, 0.3) is 22.3 Å². The smallest absolute Gasteiger partial charge is 0.127 e. The Balaban J connectivity index is 1.63. The molecule has 3 aromatic carbocycles. The van der Waals surface area contributed by atoms with Gasteiger partial charge in [-0.2, -0.15) is 0 Å². The van der Waals surface area contributed by atoms with Gasteiger partial charge in [-0.05, 0) is 40.3 Å². The van der Waals surface area contributed by atoms with Crippen LogP contribution < -0.4 is 4.74 Å². The van der Waals surface area contributed by atoms with Crippen LogP contribution in [0.2, 0.25) is 0 Å². The molecule has 24 heavy (non-hydrogen) atoms. The molecule has 1 aliphatic heterocycles. The quantitative estimate of drug-likeness (QED) is 0.509. The molecule has 0 aromatic heterocycles. The summed E-state index contributed by atoms with van der Waals surface area (Å²) in [6.07, 6.45) is 1.28. The van der Waals surface area contributed by atoms with E-state index in [4.69, 9.17) is 9.47 Å². The van der Waals surface area contributed by atoms with Crippen LogP contribution in [0.15, 0.2) is 66.7 Å². The maximum atomic E-state index is 6.04. The fourth-order valence-corrected chi connectivity index (χ4v) is 3.58. The highest BCUT2D eigenvalue weighted by Gasteiger charge is 2.25. The zero-order valence-corrected chi connectivity index (χ0v) is 13.4. The molecular weight excluding hydrogens is 296 g/mol. The molecule has 1 fully saturated rings. The minimum Gasteiger partial charge on any atom is -0.490 e. The lowest BCUT2D eigenvalue weighted by atomic mass is 9.94. The molecule has 3 aromatic rings. The van der Waals surface area contributed by atoms with Crippen molar-refractivity contribution < 1.29 is 9.47 Å². The molecule has 2 aliphatic rings. The fourth-order valence-electron chi connectivity index (χ4n) is 3.58. The van der Waals surface area contributed by atoms with Crippen molar-refractivity contribution in [1.82, 2.24) is 0 Å². The Hall–Kier alpha value is -2.58. The summed E-state index contributed by atoms with van der Waals surface area (Å²) in [5.74, 6) is 0.936. The number of hydrogen-bond donors (Lipinski definition) is 0. The van der Waals surface area contributed by atoms with Crippen LogP contribution in [-0.4, -0.2) is 19.3 Å². The molecule has 1 atom stereocenters. The summed E-state index contributed by atoms with van der Waals surface area (Å²) in [5, 5.41) is 0. The number of ether oxygens (including phenoxy) is 2. The van der Waals surface area contributed by atoms with E-state index in [2.05, 4.69) is 60.7 Å². The van der Waals surface area contributed by atoms with Gasteiger partial charge in [0, 0.05) is 5.56 Å². The van der Waals surface area contributed by atoms with Crippen molar-refractivity contribution in [2.24, 2.45) is 0 Å². The predicted octanol–water partition coefficient (Wildman–Crippen LogP) is 4.70. The Morgan fingerprint density at radius 1 is 0.792 bits per heavy atom. The lowest BCUT2D eigenvalue weighted by molar-refractivity contribution is 0.264. The number of hydrogen-bond acceptors (Lipinski definition) is 2. The van der Waals surface area contributed by atoms with Crippen LogP contribution in [0.4, 0.5) is 0 Å². The maximum Gasteiger partial charge on any atom is 0.127 e. The lowest BCUT2D eigenvalue weighted by Gasteiger charge is -2.14. The van der Waals surface area contributed by atoms with Crippen molar-refractivity contribution >= 4 is 0 Å². The van der Waals surface area contributed by atoms with Crippen LogP contribution in [0.5, 0.6) is 5.75 Å². The van der Waals surface area contributed by atoms with E-state index in [0.717, 1.165) is 24.3 Å². The van der Waals surface area contributed by atoms with Gasteiger partial charge in [-0.3, -0.25) is 0 Å². The summed E-state index contributed by atoms with van der Waals surface area (Å²) >= 11 is 0. The molecule has 0 amide bonds. The number of fused-ring (bicyclic) bond motifs is 3. The van der Waals surface area contributed by atoms with Crippen molar-refractivity contribution in [2.75, 3.05) is 13.2 Å². The van der Waals surface area contributed by atoms with E-state index in [0.29, 0.717) is 6.61 Å². The standard InChI is InChI=1S/C22H18O2/c1-2-8-18-15(6-1)12-16-7-5-10-20(22(16)18)19-9-3-4-11-21(19)24-14-17-13-23-17/h1-11,17H,12-14H2. The minimum absolute atomic E-state index is 0.264. The largest absolute Gasteiger partial charge is 0.490 e. The van der Waals surface area contributed by atoms with E-state index >= 15 is 0 Å². The van der Waals surface area contributed by atoms with Gasteiger partial charge in [0.2, 0.25) is 0 Å². The zero-order valence-electron chi connectivity index (χ0n) is 13.4. The third-order valence-corrected chi connectivity index (χ3v) is 4.82. The Bertz CT molecular complexity index is 909. The van der Waals surface area contributed by atoms with Gasteiger partial charge in [0.25, 0.3) is 0 Å². The molecule has 1 saturated heterocycles. The van der Waals surface area contributed by atoms with Crippen LogP contribution in [0, 0.1) is 0 Å². The van der Waals surface area contributed by atoms with Crippen molar-refractivity contribution in [3.05, 3.63) is 77.9 Å².